The van der Waals surface area contributed by atoms with E-state index in [1.54, 1.807) is 13.8 Å². The Balaban J connectivity index is 0.00000161. The van der Waals surface area contributed by atoms with Crippen LogP contribution in [0.15, 0.2) is 0 Å². The van der Waals surface area contributed by atoms with Crippen molar-refractivity contribution < 1.29 is 28.8 Å². The number of esters is 1. The highest BCUT2D eigenvalue weighted by Gasteiger charge is 2.80. The van der Waals surface area contributed by atoms with Gasteiger partial charge in [0.25, 0.3) is 0 Å². The zero-order chi connectivity index (χ0) is 31.0. The summed E-state index contributed by atoms with van der Waals surface area (Å²) in [6.07, 6.45) is 15.6. The second kappa shape index (κ2) is 11.2. The first-order chi connectivity index (χ1) is 20.3. The third kappa shape index (κ3) is 4.97. The molecule has 6 heteroatoms. The molecule has 0 bridgehead atoms. The highest BCUT2D eigenvalue weighted by Crippen LogP contribution is 2.87. The Morgan fingerprint density at radius 2 is 1.65 bits per heavy atom. The number of rotatable bonds is 5. The molecule has 0 amide bonds. The molecular formula is C37H62O6. The Labute approximate surface area is 261 Å². The standard InChI is InChI=1S/C35H56O6.C2H6/c1-21(36)39-30(32(4,5)37)25-12-10-23-26(40-25)19-24-22-11-13-27-31(2,3)28(41-29-9-7-8-18-38-29)14-15-35(27)20-34(22,35)17-16-33(23,24)6;1-2/h22-30,37H,7-20H2,1-6H3;1-2H3/t22?,23-,24?,25?,26?,27-,28-,29?,30-,33+,34-,35+;/m0./s1. The van der Waals surface area contributed by atoms with Gasteiger partial charge in [-0.25, -0.2) is 0 Å². The SMILES string of the molecule is CC.CC(=O)O[C@@H](C1CC[C@H]2C(CC3C4CC[C@H]5C(C)(C)[C@@H](OC6CCCCO6)CC[C@@]56C[C@@]46CC[C@@]32C)O1)C(C)(C)O. The largest absolute Gasteiger partial charge is 0.457 e. The fourth-order valence-corrected chi connectivity index (χ4v) is 12.6. The van der Waals surface area contributed by atoms with Crippen LogP contribution in [-0.4, -0.2) is 54.0 Å². The van der Waals surface area contributed by atoms with Gasteiger partial charge in [0.15, 0.2) is 12.4 Å². The summed E-state index contributed by atoms with van der Waals surface area (Å²) in [7, 11) is 0. The maximum absolute atomic E-state index is 11.9. The minimum absolute atomic E-state index is 0.00415. The van der Waals surface area contributed by atoms with E-state index in [1.807, 2.05) is 13.8 Å². The number of carbonyl (C=O) groups is 1. The highest BCUT2D eigenvalue weighted by molar-refractivity contribution is 5.66. The van der Waals surface area contributed by atoms with Crippen molar-refractivity contribution in [3.8, 4) is 0 Å². The molecule has 0 aromatic heterocycles. The number of hydrogen-bond donors (Lipinski definition) is 1. The topological polar surface area (TPSA) is 74.2 Å². The van der Waals surface area contributed by atoms with Gasteiger partial charge in [-0.15, -0.1) is 0 Å². The molecule has 0 aromatic rings. The van der Waals surface area contributed by atoms with Gasteiger partial charge in [0, 0.05) is 13.5 Å². The fraction of sp³-hybridized carbons (Fsp3) is 0.973. The maximum Gasteiger partial charge on any atom is 0.303 e. The van der Waals surface area contributed by atoms with E-state index >= 15 is 0 Å². The average Bonchev–Trinajstić information content (AvgIpc) is 3.54. The Bertz CT molecular complexity index is 1030. The van der Waals surface area contributed by atoms with E-state index in [1.165, 1.54) is 64.7 Å². The van der Waals surface area contributed by atoms with Gasteiger partial charge in [0.2, 0.25) is 0 Å². The zero-order valence-electron chi connectivity index (χ0n) is 28.6. The van der Waals surface area contributed by atoms with Crippen LogP contribution in [0.3, 0.4) is 0 Å². The van der Waals surface area contributed by atoms with E-state index in [9.17, 15) is 9.90 Å². The van der Waals surface area contributed by atoms with E-state index in [0.29, 0.717) is 34.2 Å². The van der Waals surface area contributed by atoms with Crippen LogP contribution in [0.1, 0.15) is 139 Å². The van der Waals surface area contributed by atoms with Gasteiger partial charge in [0.1, 0.15) is 0 Å². The molecule has 12 atom stereocenters. The summed E-state index contributed by atoms with van der Waals surface area (Å²) in [5.41, 5.74) is 0.426. The zero-order valence-corrected chi connectivity index (χ0v) is 28.6. The van der Waals surface area contributed by atoms with Crippen LogP contribution in [-0.2, 0) is 23.7 Å². The second-order valence-corrected chi connectivity index (χ2v) is 16.9. The Morgan fingerprint density at radius 3 is 2.33 bits per heavy atom. The predicted octanol–water partition coefficient (Wildman–Crippen LogP) is 7.83. The molecule has 2 heterocycles. The normalized spacial score (nSPS) is 48.6. The fourth-order valence-electron chi connectivity index (χ4n) is 12.6. The molecule has 0 radical (unpaired) electrons. The first-order valence-electron chi connectivity index (χ1n) is 18.1. The summed E-state index contributed by atoms with van der Waals surface area (Å²) in [4.78, 5) is 11.9. The van der Waals surface area contributed by atoms with Gasteiger partial charge in [-0.1, -0.05) is 34.6 Å². The first-order valence-corrected chi connectivity index (χ1v) is 18.1. The quantitative estimate of drug-likeness (QED) is 0.255. The number of aliphatic hydroxyl groups is 1. The van der Waals surface area contributed by atoms with Crippen molar-refractivity contribution in [1.82, 2.24) is 0 Å². The lowest BCUT2D eigenvalue weighted by molar-refractivity contribution is -0.237. The van der Waals surface area contributed by atoms with Crippen LogP contribution in [0.5, 0.6) is 0 Å². The van der Waals surface area contributed by atoms with Crippen molar-refractivity contribution in [3.05, 3.63) is 0 Å². The lowest BCUT2D eigenvalue weighted by Crippen LogP contribution is -2.55. The minimum Gasteiger partial charge on any atom is -0.457 e. The molecule has 0 aromatic carbocycles. The highest BCUT2D eigenvalue weighted by atomic mass is 16.7. The number of ether oxygens (including phenoxy) is 4. The number of carbonyl (C=O) groups excluding carboxylic acids is 1. The van der Waals surface area contributed by atoms with Crippen LogP contribution < -0.4 is 0 Å². The molecule has 2 saturated heterocycles. The lowest BCUT2D eigenvalue weighted by atomic mass is 9.46. The maximum atomic E-state index is 11.9. The molecule has 7 fully saturated rings. The Hall–Kier alpha value is -0.690. The van der Waals surface area contributed by atoms with Crippen LogP contribution >= 0.6 is 0 Å². The molecule has 2 spiro atoms. The molecule has 246 valence electrons. The van der Waals surface area contributed by atoms with E-state index in [-0.39, 0.29) is 29.9 Å². The lowest BCUT2D eigenvalue weighted by Gasteiger charge is -2.60. The summed E-state index contributed by atoms with van der Waals surface area (Å²) < 4.78 is 25.3. The third-order valence-corrected chi connectivity index (χ3v) is 14.3. The Morgan fingerprint density at radius 1 is 0.907 bits per heavy atom. The van der Waals surface area contributed by atoms with Crippen molar-refractivity contribution in [2.75, 3.05) is 6.61 Å². The van der Waals surface area contributed by atoms with E-state index in [4.69, 9.17) is 18.9 Å². The van der Waals surface area contributed by atoms with E-state index in [0.717, 1.165) is 44.1 Å². The van der Waals surface area contributed by atoms with Gasteiger partial charge in [-0.2, -0.15) is 0 Å². The summed E-state index contributed by atoms with van der Waals surface area (Å²) in [5.74, 6) is 2.50. The summed E-state index contributed by atoms with van der Waals surface area (Å²) in [5, 5.41) is 10.9. The smallest absolute Gasteiger partial charge is 0.303 e. The molecule has 7 aliphatic rings. The van der Waals surface area contributed by atoms with E-state index in [2.05, 4.69) is 20.8 Å². The number of hydrogen-bond acceptors (Lipinski definition) is 6. The first kappa shape index (κ1) is 32.3. The monoisotopic (exact) mass is 602 g/mol. The van der Waals surface area contributed by atoms with Crippen molar-refractivity contribution in [3.63, 3.8) is 0 Å². The van der Waals surface area contributed by atoms with Gasteiger partial charge in [-0.05, 0) is 143 Å². The van der Waals surface area contributed by atoms with Crippen molar-refractivity contribution in [2.45, 2.75) is 175 Å². The van der Waals surface area contributed by atoms with E-state index < -0.39 is 11.7 Å². The van der Waals surface area contributed by atoms with Crippen LogP contribution in [0, 0.1) is 45.3 Å². The second-order valence-electron chi connectivity index (χ2n) is 16.9. The summed E-state index contributed by atoms with van der Waals surface area (Å²) >= 11 is 0. The predicted molar refractivity (Wildman–Crippen MR) is 167 cm³/mol. The molecule has 43 heavy (non-hydrogen) atoms. The van der Waals surface area contributed by atoms with Gasteiger partial charge in [0.05, 0.1) is 23.9 Å². The minimum atomic E-state index is -1.13. The molecule has 5 saturated carbocycles. The Kier molecular flexibility index (Phi) is 8.43. The molecule has 5 aliphatic carbocycles. The van der Waals surface area contributed by atoms with Gasteiger partial charge in [-0.3, -0.25) is 4.79 Å². The summed E-state index contributed by atoms with van der Waals surface area (Å²) in [6.45, 7) is 17.4. The van der Waals surface area contributed by atoms with Crippen molar-refractivity contribution in [2.24, 2.45) is 45.3 Å². The molecule has 7 rings (SSSR count). The number of fused-ring (bicyclic) bond motifs is 4. The van der Waals surface area contributed by atoms with Crippen molar-refractivity contribution in [1.29, 1.82) is 0 Å². The molecule has 2 aliphatic heterocycles. The molecule has 5 unspecified atom stereocenters. The van der Waals surface area contributed by atoms with Crippen LogP contribution in [0.25, 0.3) is 0 Å². The van der Waals surface area contributed by atoms with Crippen LogP contribution in [0.4, 0.5) is 0 Å². The molecule has 1 N–H and O–H groups in total. The molecule has 6 nitrogen and oxygen atoms in total. The van der Waals surface area contributed by atoms with Crippen molar-refractivity contribution >= 4 is 5.97 Å². The van der Waals surface area contributed by atoms with Gasteiger partial charge >= 0.3 is 5.97 Å². The van der Waals surface area contributed by atoms with Gasteiger partial charge < -0.3 is 24.1 Å². The summed E-state index contributed by atoms with van der Waals surface area (Å²) in [6, 6.07) is 0. The average molecular weight is 603 g/mol. The van der Waals surface area contributed by atoms with Crippen LogP contribution in [0.2, 0.25) is 0 Å². The molecular weight excluding hydrogens is 540 g/mol. The third-order valence-electron chi connectivity index (χ3n) is 14.3.